The highest BCUT2D eigenvalue weighted by Gasteiger charge is 2.15. The Labute approximate surface area is 86.9 Å². The second-order valence-corrected chi connectivity index (χ2v) is 3.39. The number of carbonyl (C=O) groups is 1. The van der Waals surface area contributed by atoms with Crippen LogP contribution in [0.3, 0.4) is 0 Å². The maximum absolute atomic E-state index is 13.0. The molecular weight excluding hydrogens is 205 g/mol. The molecule has 76 valence electrons. The minimum absolute atomic E-state index is 0.108. The van der Waals surface area contributed by atoms with Crippen LogP contribution in [0.25, 0.3) is 0 Å². The lowest BCUT2D eigenvalue weighted by molar-refractivity contribution is 0.0984. The zero-order chi connectivity index (χ0) is 10.7. The highest BCUT2D eigenvalue weighted by Crippen LogP contribution is 2.24. The van der Waals surface area contributed by atoms with Gasteiger partial charge in [0.2, 0.25) is 0 Å². The lowest BCUT2D eigenvalue weighted by Crippen LogP contribution is -2.10. The number of carbonyl (C=O) groups excluding carboxylic acids is 1. The number of rotatable bonds is 3. The third kappa shape index (κ3) is 2.11. The van der Waals surface area contributed by atoms with E-state index >= 15 is 0 Å². The summed E-state index contributed by atoms with van der Waals surface area (Å²) < 4.78 is 13.0. The highest BCUT2D eigenvalue weighted by molar-refractivity contribution is 6.34. The van der Waals surface area contributed by atoms with Crippen molar-refractivity contribution in [3.8, 4) is 0 Å². The molecule has 0 aliphatic heterocycles. The zero-order valence-corrected chi connectivity index (χ0v) is 8.57. The molecule has 0 heterocycles. The predicted molar refractivity (Wildman–Crippen MR) is 54.1 cm³/mol. The van der Waals surface area contributed by atoms with Crippen molar-refractivity contribution in [1.82, 2.24) is 0 Å². The summed E-state index contributed by atoms with van der Waals surface area (Å²) >= 11 is 5.69. The predicted octanol–water partition coefficient (Wildman–Crippen LogP) is 2.32. The van der Waals surface area contributed by atoms with E-state index in [1.54, 1.807) is 6.92 Å². The van der Waals surface area contributed by atoms with Gasteiger partial charge in [0.05, 0.1) is 5.02 Å². The average Bonchev–Trinajstić information content (AvgIpc) is 2.13. The molecule has 1 aromatic rings. The lowest BCUT2D eigenvalue weighted by atomic mass is 10.0. The maximum atomic E-state index is 13.0. The molecule has 2 N–H and O–H groups in total. The number of nitrogens with two attached hydrogens (primary N) is 1. The van der Waals surface area contributed by atoms with Gasteiger partial charge >= 0.3 is 0 Å². The van der Waals surface area contributed by atoms with Crippen LogP contribution in [0, 0.1) is 12.7 Å². The van der Waals surface area contributed by atoms with Crippen LogP contribution >= 0.6 is 11.6 Å². The molecule has 0 saturated carbocycles. The van der Waals surface area contributed by atoms with Gasteiger partial charge in [0.25, 0.3) is 0 Å². The quantitative estimate of drug-likeness (QED) is 0.787. The standard InChI is InChI=1S/C10H11ClFNO/c1-6-2-3-7(12)10(11)9(6)8(14)4-5-13/h2-3H,4-5,13H2,1H3. The first-order chi connectivity index (χ1) is 6.57. The number of benzene rings is 1. The molecule has 0 bridgehead atoms. The fourth-order valence-electron chi connectivity index (χ4n) is 1.25. The molecule has 0 aromatic heterocycles. The molecule has 0 saturated heterocycles. The summed E-state index contributed by atoms with van der Waals surface area (Å²) in [4.78, 5) is 11.5. The van der Waals surface area contributed by atoms with Crippen molar-refractivity contribution in [2.45, 2.75) is 13.3 Å². The summed E-state index contributed by atoms with van der Waals surface area (Å²) in [5, 5.41) is -0.108. The van der Waals surface area contributed by atoms with E-state index in [4.69, 9.17) is 17.3 Å². The number of ketones is 1. The van der Waals surface area contributed by atoms with E-state index in [-0.39, 0.29) is 29.3 Å². The van der Waals surface area contributed by atoms with Crippen LogP contribution in [0.15, 0.2) is 12.1 Å². The minimum atomic E-state index is -0.572. The second kappa shape index (κ2) is 4.53. The van der Waals surface area contributed by atoms with Gasteiger partial charge in [0, 0.05) is 12.0 Å². The van der Waals surface area contributed by atoms with Crippen molar-refractivity contribution in [2.75, 3.05) is 6.54 Å². The minimum Gasteiger partial charge on any atom is -0.330 e. The van der Waals surface area contributed by atoms with Gasteiger partial charge in [-0.05, 0) is 25.1 Å². The van der Waals surface area contributed by atoms with E-state index in [1.807, 2.05) is 0 Å². The van der Waals surface area contributed by atoms with Crippen LogP contribution in [0.2, 0.25) is 5.02 Å². The molecular formula is C10H11ClFNO. The van der Waals surface area contributed by atoms with Gasteiger partial charge in [-0.1, -0.05) is 17.7 Å². The summed E-state index contributed by atoms with van der Waals surface area (Å²) in [6.45, 7) is 1.96. The Hall–Kier alpha value is -0.930. The van der Waals surface area contributed by atoms with Gasteiger partial charge in [-0.15, -0.1) is 0 Å². The fraction of sp³-hybridized carbons (Fsp3) is 0.300. The summed E-state index contributed by atoms with van der Waals surface area (Å²) in [6, 6.07) is 2.78. The third-order valence-electron chi connectivity index (χ3n) is 1.95. The van der Waals surface area contributed by atoms with Gasteiger partial charge in [-0.2, -0.15) is 0 Å². The van der Waals surface area contributed by atoms with Gasteiger partial charge in [0.15, 0.2) is 5.78 Å². The smallest absolute Gasteiger partial charge is 0.166 e. The molecule has 1 rings (SSSR count). The highest BCUT2D eigenvalue weighted by atomic mass is 35.5. The molecule has 14 heavy (non-hydrogen) atoms. The monoisotopic (exact) mass is 215 g/mol. The van der Waals surface area contributed by atoms with E-state index in [0.29, 0.717) is 5.56 Å². The second-order valence-electron chi connectivity index (χ2n) is 3.02. The van der Waals surface area contributed by atoms with Crippen molar-refractivity contribution < 1.29 is 9.18 Å². The van der Waals surface area contributed by atoms with Crippen LogP contribution in [0.5, 0.6) is 0 Å². The van der Waals surface area contributed by atoms with Gasteiger partial charge in [-0.3, -0.25) is 4.79 Å². The summed E-state index contributed by atoms with van der Waals surface area (Å²) in [6.07, 6.45) is 0.185. The number of aryl methyl sites for hydroxylation is 1. The van der Waals surface area contributed by atoms with Crippen LogP contribution in [-0.2, 0) is 0 Å². The Kier molecular flexibility index (Phi) is 3.61. The van der Waals surface area contributed by atoms with E-state index in [0.717, 1.165) is 0 Å². The molecule has 0 atom stereocenters. The van der Waals surface area contributed by atoms with Gasteiger partial charge < -0.3 is 5.73 Å². The van der Waals surface area contributed by atoms with E-state index in [9.17, 15) is 9.18 Å². The van der Waals surface area contributed by atoms with Crippen LogP contribution < -0.4 is 5.73 Å². The van der Waals surface area contributed by atoms with Crippen LogP contribution in [0.4, 0.5) is 4.39 Å². The third-order valence-corrected chi connectivity index (χ3v) is 2.32. The van der Waals surface area contributed by atoms with Crippen molar-refractivity contribution >= 4 is 17.4 Å². The van der Waals surface area contributed by atoms with E-state index in [1.165, 1.54) is 12.1 Å². The Morgan fingerprint density at radius 2 is 2.21 bits per heavy atom. The van der Waals surface area contributed by atoms with Gasteiger partial charge in [0.1, 0.15) is 5.82 Å². The first-order valence-electron chi connectivity index (χ1n) is 4.25. The van der Waals surface area contributed by atoms with Gasteiger partial charge in [-0.25, -0.2) is 4.39 Å². The molecule has 0 aliphatic carbocycles. The molecule has 0 aliphatic rings. The normalized spacial score (nSPS) is 10.3. The van der Waals surface area contributed by atoms with Crippen molar-refractivity contribution in [1.29, 1.82) is 0 Å². The molecule has 2 nitrogen and oxygen atoms in total. The first-order valence-corrected chi connectivity index (χ1v) is 4.63. The molecule has 0 spiro atoms. The Morgan fingerprint density at radius 3 is 2.79 bits per heavy atom. The van der Waals surface area contributed by atoms with E-state index < -0.39 is 5.82 Å². The van der Waals surface area contributed by atoms with Crippen molar-refractivity contribution in [3.63, 3.8) is 0 Å². The number of Topliss-reactive ketones (excluding diaryl/α,β-unsaturated/α-hetero) is 1. The molecule has 0 fully saturated rings. The summed E-state index contributed by atoms with van der Waals surface area (Å²) in [7, 11) is 0. The van der Waals surface area contributed by atoms with Crippen LogP contribution in [-0.4, -0.2) is 12.3 Å². The molecule has 0 radical (unpaired) electrons. The Balaban J connectivity index is 3.18. The van der Waals surface area contributed by atoms with E-state index in [2.05, 4.69) is 0 Å². The number of hydrogen-bond acceptors (Lipinski definition) is 2. The number of hydrogen-bond donors (Lipinski definition) is 1. The molecule has 0 amide bonds. The number of halogens is 2. The zero-order valence-electron chi connectivity index (χ0n) is 7.81. The average molecular weight is 216 g/mol. The molecule has 4 heteroatoms. The lowest BCUT2D eigenvalue weighted by Gasteiger charge is -2.06. The Bertz CT molecular complexity index is 365. The van der Waals surface area contributed by atoms with Crippen molar-refractivity contribution in [2.24, 2.45) is 5.73 Å². The summed E-state index contributed by atoms with van der Waals surface area (Å²) in [5.74, 6) is -0.785. The fourth-order valence-corrected chi connectivity index (χ4v) is 1.56. The molecule has 1 aromatic carbocycles. The Morgan fingerprint density at radius 1 is 1.57 bits per heavy atom. The largest absolute Gasteiger partial charge is 0.330 e. The SMILES string of the molecule is Cc1ccc(F)c(Cl)c1C(=O)CCN. The van der Waals surface area contributed by atoms with Crippen LogP contribution in [0.1, 0.15) is 22.3 Å². The summed E-state index contributed by atoms with van der Waals surface area (Å²) in [5.41, 5.74) is 6.17. The topological polar surface area (TPSA) is 43.1 Å². The first kappa shape index (κ1) is 11.1. The van der Waals surface area contributed by atoms with Crippen molar-refractivity contribution in [3.05, 3.63) is 34.1 Å². The maximum Gasteiger partial charge on any atom is 0.166 e. The molecule has 0 unspecified atom stereocenters.